The number of hydrogen-bond acceptors (Lipinski definition) is 6. The van der Waals surface area contributed by atoms with E-state index in [1.54, 1.807) is 16.2 Å². The fraction of sp³-hybridized carbons (Fsp3) is 0.500. The number of fused-ring (bicyclic) bond motifs is 1. The first-order valence-electron chi connectivity index (χ1n) is 7.09. The molecule has 3 heterocycles. The maximum atomic E-state index is 10.8. The predicted molar refractivity (Wildman–Crippen MR) is 85.8 cm³/mol. The van der Waals surface area contributed by atoms with Gasteiger partial charge in [0.05, 0.1) is 5.39 Å². The number of nitrogens with zero attached hydrogens (tertiary/aromatic N) is 4. The van der Waals surface area contributed by atoms with Crippen LogP contribution in [0.2, 0.25) is 0 Å². The maximum absolute atomic E-state index is 10.8. The molecule has 1 amide bonds. The number of nitrogens with two attached hydrogens (primary N) is 1. The van der Waals surface area contributed by atoms with Crippen molar-refractivity contribution in [3.05, 3.63) is 10.9 Å². The van der Waals surface area contributed by atoms with Crippen LogP contribution in [-0.4, -0.2) is 47.5 Å². The van der Waals surface area contributed by atoms with Crippen LogP contribution in [0.25, 0.3) is 10.2 Å². The minimum absolute atomic E-state index is 0.409. The Bertz CT molecular complexity index is 661. The number of aromatic nitrogens is 2. The topological polar surface area (TPSA) is 75.4 Å². The van der Waals surface area contributed by atoms with Crippen LogP contribution in [0.4, 0.5) is 11.8 Å². The van der Waals surface area contributed by atoms with Gasteiger partial charge in [0.15, 0.2) is 0 Å². The molecule has 2 N–H and O–H groups in total. The Morgan fingerprint density at radius 1 is 1.29 bits per heavy atom. The van der Waals surface area contributed by atoms with E-state index in [-0.39, 0.29) is 0 Å². The standard InChI is InChI=1S/C14H19N5OS/c1-9(2)10-7-21-13-11(10)12(15)16-14(17-13)19-5-3-18(8-20)4-6-19/h7-9H,3-6H2,1-2H3,(H2,15,16,17). The van der Waals surface area contributed by atoms with Crippen molar-refractivity contribution in [2.24, 2.45) is 0 Å². The molecule has 0 aliphatic carbocycles. The van der Waals surface area contributed by atoms with E-state index in [1.165, 1.54) is 5.56 Å². The number of amides is 1. The second-order valence-corrected chi connectivity index (χ2v) is 6.42. The van der Waals surface area contributed by atoms with Gasteiger partial charge in [0, 0.05) is 26.2 Å². The fourth-order valence-corrected chi connectivity index (χ4v) is 3.68. The lowest BCUT2D eigenvalue weighted by molar-refractivity contribution is -0.118. The molecule has 0 unspecified atom stereocenters. The number of nitrogen functional groups attached to an aromatic ring is 1. The Hall–Kier alpha value is -1.89. The summed E-state index contributed by atoms with van der Waals surface area (Å²) in [6.45, 7) is 7.18. The highest BCUT2D eigenvalue weighted by Crippen LogP contribution is 2.34. The molecule has 2 aromatic heterocycles. The van der Waals surface area contributed by atoms with Crippen LogP contribution in [0.1, 0.15) is 25.3 Å². The summed E-state index contributed by atoms with van der Waals surface area (Å²) in [4.78, 5) is 24.7. The van der Waals surface area contributed by atoms with Gasteiger partial charge in [-0.15, -0.1) is 11.3 Å². The highest BCUT2D eigenvalue weighted by Gasteiger charge is 2.20. The van der Waals surface area contributed by atoms with Crippen molar-refractivity contribution in [2.75, 3.05) is 36.8 Å². The smallest absolute Gasteiger partial charge is 0.228 e. The normalized spacial score (nSPS) is 16.0. The molecule has 0 bridgehead atoms. The second-order valence-electron chi connectivity index (χ2n) is 5.56. The zero-order valence-electron chi connectivity index (χ0n) is 12.2. The van der Waals surface area contributed by atoms with Gasteiger partial charge in [0.2, 0.25) is 12.4 Å². The van der Waals surface area contributed by atoms with E-state index in [1.807, 2.05) is 0 Å². The molecule has 7 heteroatoms. The summed E-state index contributed by atoms with van der Waals surface area (Å²) in [5.41, 5.74) is 7.38. The third-order valence-corrected chi connectivity index (χ3v) is 4.74. The molecule has 3 rings (SSSR count). The van der Waals surface area contributed by atoms with Crippen LogP contribution in [0.15, 0.2) is 5.38 Å². The van der Waals surface area contributed by atoms with Gasteiger partial charge in [-0.05, 0) is 16.9 Å². The minimum Gasteiger partial charge on any atom is -0.383 e. The molecule has 0 spiro atoms. The molecule has 1 saturated heterocycles. The zero-order chi connectivity index (χ0) is 15.0. The molecule has 0 atom stereocenters. The van der Waals surface area contributed by atoms with Crippen molar-refractivity contribution in [2.45, 2.75) is 19.8 Å². The summed E-state index contributed by atoms with van der Waals surface area (Å²) < 4.78 is 0. The first-order valence-corrected chi connectivity index (χ1v) is 7.97. The molecule has 0 aromatic carbocycles. The number of rotatable bonds is 3. The molecular formula is C14H19N5OS. The van der Waals surface area contributed by atoms with E-state index >= 15 is 0 Å². The largest absolute Gasteiger partial charge is 0.383 e. The molecule has 2 aromatic rings. The number of anilines is 2. The number of piperazine rings is 1. The highest BCUT2D eigenvalue weighted by atomic mass is 32.1. The third kappa shape index (κ3) is 2.53. The molecular weight excluding hydrogens is 286 g/mol. The average molecular weight is 305 g/mol. The van der Waals surface area contributed by atoms with E-state index in [0.29, 0.717) is 30.8 Å². The number of thiophene rings is 1. The summed E-state index contributed by atoms with van der Waals surface area (Å²) in [6, 6.07) is 0. The van der Waals surface area contributed by atoms with Gasteiger partial charge in [-0.25, -0.2) is 4.98 Å². The SMILES string of the molecule is CC(C)c1csc2nc(N3CCN(C=O)CC3)nc(N)c12. The molecule has 0 radical (unpaired) electrons. The van der Waals surface area contributed by atoms with Crippen molar-refractivity contribution in [1.82, 2.24) is 14.9 Å². The van der Waals surface area contributed by atoms with Gasteiger partial charge in [0.1, 0.15) is 10.6 Å². The van der Waals surface area contributed by atoms with E-state index < -0.39 is 0 Å². The first kappa shape index (κ1) is 14.1. The predicted octanol–water partition coefficient (Wildman–Crippen LogP) is 1.68. The van der Waals surface area contributed by atoms with Crippen molar-refractivity contribution >= 4 is 39.7 Å². The quantitative estimate of drug-likeness (QED) is 0.873. The minimum atomic E-state index is 0.409. The Labute approximate surface area is 127 Å². The molecule has 1 fully saturated rings. The van der Waals surface area contributed by atoms with Gasteiger partial charge in [-0.1, -0.05) is 13.8 Å². The molecule has 6 nitrogen and oxygen atoms in total. The summed E-state index contributed by atoms with van der Waals surface area (Å²) in [5, 5.41) is 3.11. The van der Waals surface area contributed by atoms with Crippen LogP contribution >= 0.6 is 11.3 Å². The van der Waals surface area contributed by atoms with Gasteiger partial charge >= 0.3 is 0 Å². The lowest BCUT2D eigenvalue weighted by Gasteiger charge is -2.32. The summed E-state index contributed by atoms with van der Waals surface area (Å²) in [7, 11) is 0. The van der Waals surface area contributed by atoms with Crippen LogP contribution in [-0.2, 0) is 4.79 Å². The van der Waals surface area contributed by atoms with Crippen molar-refractivity contribution in [3.63, 3.8) is 0 Å². The van der Waals surface area contributed by atoms with Crippen LogP contribution in [0.5, 0.6) is 0 Å². The van der Waals surface area contributed by atoms with E-state index in [9.17, 15) is 4.79 Å². The van der Waals surface area contributed by atoms with Crippen LogP contribution in [0, 0.1) is 0 Å². The second kappa shape index (κ2) is 5.48. The Morgan fingerprint density at radius 2 is 2.00 bits per heavy atom. The molecule has 1 aliphatic rings. The molecule has 0 saturated carbocycles. The number of hydrogen-bond donors (Lipinski definition) is 1. The van der Waals surface area contributed by atoms with E-state index in [0.717, 1.165) is 29.7 Å². The van der Waals surface area contributed by atoms with Gasteiger partial charge in [-0.2, -0.15) is 4.98 Å². The van der Waals surface area contributed by atoms with E-state index in [2.05, 4.69) is 34.1 Å². The summed E-state index contributed by atoms with van der Waals surface area (Å²) in [6.07, 6.45) is 0.893. The fourth-order valence-electron chi connectivity index (χ4n) is 2.57. The molecule has 1 aliphatic heterocycles. The average Bonchev–Trinajstić information content (AvgIpc) is 2.92. The van der Waals surface area contributed by atoms with Crippen LogP contribution < -0.4 is 10.6 Å². The maximum Gasteiger partial charge on any atom is 0.228 e. The number of carbonyl (C=O) groups is 1. The third-order valence-electron chi connectivity index (χ3n) is 3.85. The van der Waals surface area contributed by atoms with Crippen molar-refractivity contribution < 1.29 is 4.79 Å². The van der Waals surface area contributed by atoms with Crippen molar-refractivity contribution in [1.29, 1.82) is 0 Å². The first-order chi connectivity index (χ1) is 10.1. The van der Waals surface area contributed by atoms with Gasteiger partial charge in [0.25, 0.3) is 0 Å². The molecule has 21 heavy (non-hydrogen) atoms. The molecule has 112 valence electrons. The van der Waals surface area contributed by atoms with Crippen LogP contribution in [0.3, 0.4) is 0 Å². The lowest BCUT2D eigenvalue weighted by atomic mass is 10.0. The lowest BCUT2D eigenvalue weighted by Crippen LogP contribution is -2.46. The highest BCUT2D eigenvalue weighted by molar-refractivity contribution is 7.17. The number of carbonyl (C=O) groups excluding carboxylic acids is 1. The van der Waals surface area contributed by atoms with Crippen molar-refractivity contribution in [3.8, 4) is 0 Å². The zero-order valence-corrected chi connectivity index (χ0v) is 13.1. The Morgan fingerprint density at radius 3 is 2.62 bits per heavy atom. The summed E-state index contributed by atoms with van der Waals surface area (Å²) in [5.74, 6) is 1.63. The van der Waals surface area contributed by atoms with E-state index in [4.69, 9.17) is 5.73 Å². The Kier molecular flexibility index (Phi) is 3.67. The van der Waals surface area contributed by atoms with Gasteiger partial charge < -0.3 is 15.5 Å². The monoisotopic (exact) mass is 305 g/mol. The Balaban J connectivity index is 1.93. The summed E-state index contributed by atoms with van der Waals surface area (Å²) >= 11 is 1.62. The van der Waals surface area contributed by atoms with Gasteiger partial charge in [-0.3, -0.25) is 4.79 Å².